The van der Waals surface area contributed by atoms with Gasteiger partial charge in [0.05, 0.1) is 20.3 Å². The molecule has 0 fully saturated rings. The summed E-state index contributed by atoms with van der Waals surface area (Å²) in [5.74, 6) is 0.483. The van der Waals surface area contributed by atoms with Gasteiger partial charge in [0.1, 0.15) is 23.1 Å². The van der Waals surface area contributed by atoms with Crippen molar-refractivity contribution in [3.05, 3.63) is 29.3 Å². The van der Waals surface area contributed by atoms with E-state index in [4.69, 9.17) is 19.5 Å². The lowest BCUT2D eigenvalue weighted by molar-refractivity contribution is -0.142. The molecule has 0 amide bonds. The predicted molar refractivity (Wildman–Crippen MR) is 74.4 cm³/mol. The third-order valence-corrected chi connectivity index (χ3v) is 2.42. The summed E-state index contributed by atoms with van der Waals surface area (Å²) in [6, 6.07) is 6.94. The Bertz CT molecular complexity index is 555. The first-order chi connectivity index (χ1) is 9.51. The lowest BCUT2D eigenvalue weighted by Gasteiger charge is -2.09. The van der Waals surface area contributed by atoms with Crippen LogP contribution in [0.2, 0.25) is 0 Å². The van der Waals surface area contributed by atoms with Crippen molar-refractivity contribution in [2.24, 2.45) is 0 Å². The minimum absolute atomic E-state index is 0.0813. The Balaban J connectivity index is 3.13. The van der Waals surface area contributed by atoms with E-state index < -0.39 is 5.97 Å². The van der Waals surface area contributed by atoms with Crippen LogP contribution in [0.3, 0.4) is 0 Å². The van der Waals surface area contributed by atoms with Crippen LogP contribution in [0.15, 0.2) is 23.8 Å². The molecule has 0 aliphatic carbocycles. The molecule has 0 heterocycles. The molecule has 5 nitrogen and oxygen atoms in total. The molecule has 5 heteroatoms. The van der Waals surface area contributed by atoms with Crippen molar-refractivity contribution in [2.75, 3.05) is 14.2 Å². The number of rotatable bonds is 5. The minimum atomic E-state index is -0.652. The Labute approximate surface area is 118 Å². The molecular formula is C15H17NO4. The molecule has 0 radical (unpaired) electrons. The van der Waals surface area contributed by atoms with Gasteiger partial charge in [-0.15, -0.1) is 0 Å². The van der Waals surface area contributed by atoms with Crippen molar-refractivity contribution >= 4 is 12.0 Å². The highest BCUT2D eigenvalue weighted by Crippen LogP contribution is 2.26. The highest BCUT2D eigenvalue weighted by molar-refractivity contribution is 5.98. The maximum absolute atomic E-state index is 11.7. The molecule has 1 aromatic carbocycles. The highest BCUT2D eigenvalue weighted by atomic mass is 16.5. The van der Waals surface area contributed by atoms with E-state index in [2.05, 4.69) is 0 Å². The van der Waals surface area contributed by atoms with E-state index >= 15 is 0 Å². The Morgan fingerprint density at radius 2 is 2.00 bits per heavy atom. The molecule has 0 aromatic heterocycles. The topological polar surface area (TPSA) is 68.5 Å². The normalized spacial score (nSPS) is 10.9. The van der Waals surface area contributed by atoms with Crippen LogP contribution >= 0.6 is 0 Å². The first-order valence-electron chi connectivity index (χ1n) is 6.06. The maximum Gasteiger partial charge on any atom is 0.349 e. The van der Waals surface area contributed by atoms with Crippen LogP contribution in [-0.4, -0.2) is 26.3 Å². The van der Waals surface area contributed by atoms with Gasteiger partial charge < -0.3 is 14.2 Å². The number of benzene rings is 1. The average molecular weight is 275 g/mol. The molecule has 0 atom stereocenters. The summed E-state index contributed by atoms with van der Waals surface area (Å²) in [4.78, 5) is 11.7. The van der Waals surface area contributed by atoms with Gasteiger partial charge in [-0.2, -0.15) is 5.26 Å². The summed E-state index contributed by atoms with van der Waals surface area (Å²) < 4.78 is 15.3. The largest absolute Gasteiger partial charge is 0.497 e. The standard InChI is InChI=1S/C15H17NO4/c1-10(2)20-15(17)12(9-16)7-11-5-6-13(18-3)8-14(11)19-4/h5-8,10H,1-4H3/b12-7+. The number of hydrogen-bond donors (Lipinski definition) is 0. The molecule has 0 bridgehead atoms. The fourth-order valence-corrected chi connectivity index (χ4v) is 1.51. The monoisotopic (exact) mass is 275 g/mol. The Hall–Kier alpha value is -2.48. The van der Waals surface area contributed by atoms with Crippen LogP contribution in [0.25, 0.3) is 6.08 Å². The zero-order valence-corrected chi connectivity index (χ0v) is 12.0. The number of nitriles is 1. The van der Waals surface area contributed by atoms with Crippen LogP contribution < -0.4 is 9.47 Å². The average Bonchev–Trinajstić information content (AvgIpc) is 2.43. The first kappa shape index (κ1) is 15.6. The van der Waals surface area contributed by atoms with Gasteiger partial charge in [0.25, 0.3) is 0 Å². The summed E-state index contributed by atoms with van der Waals surface area (Å²) in [5, 5.41) is 9.05. The van der Waals surface area contributed by atoms with Gasteiger partial charge in [-0.25, -0.2) is 4.79 Å². The quantitative estimate of drug-likeness (QED) is 0.469. The van der Waals surface area contributed by atoms with Crippen molar-refractivity contribution in [1.82, 2.24) is 0 Å². The number of methoxy groups -OCH3 is 2. The van der Waals surface area contributed by atoms with Crippen molar-refractivity contribution in [2.45, 2.75) is 20.0 Å². The lowest BCUT2D eigenvalue weighted by Crippen LogP contribution is -2.12. The molecule has 0 aliphatic heterocycles. The predicted octanol–water partition coefficient (Wildman–Crippen LogP) is 2.56. The van der Waals surface area contributed by atoms with Gasteiger partial charge >= 0.3 is 5.97 Å². The van der Waals surface area contributed by atoms with Crippen molar-refractivity contribution in [3.63, 3.8) is 0 Å². The fraction of sp³-hybridized carbons (Fsp3) is 0.333. The summed E-state index contributed by atoms with van der Waals surface area (Å²) in [6.07, 6.45) is 1.15. The molecule has 1 rings (SSSR count). The maximum atomic E-state index is 11.7. The number of nitrogens with zero attached hydrogens (tertiary/aromatic N) is 1. The van der Waals surface area contributed by atoms with Crippen LogP contribution in [-0.2, 0) is 9.53 Å². The summed E-state index contributed by atoms with van der Waals surface area (Å²) in [5.41, 5.74) is 0.521. The smallest absolute Gasteiger partial charge is 0.349 e. The summed E-state index contributed by atoms with van der Waals surface area (Å²) >= 11 is 0. The van der Waals surface area contributed by atoms with Crippen molar-refractivity contribution < 1.29 is 19.0 Å². The highest BCUT2D eigenvalue weighted by Gasteiger charge is 2.14. The second-order valence-corrected chi connectivity index (χ2v) is 4.23. The van der Waals surface area contributed by atoms with E-state index in [1.165, 1.54) is 13.2 Å². The van der Waals surface area contributed by atoms with Gasteiger partial charge in [0.15, 0.2) is 0 Å². The minimum Gasteiger partial charge on any atom is -0.497 e. The van der Waals surface area contributed by atoms with Gasteiger partial charge in [0.2, 0.25) is 0 Å². The Morgan fingerprint density at radius 1 is 1.30 bits per heavy atom. The third-order valence-electron chi connectivity index (χ3n) is 2.42. The summed E-state index contributed by atoms with van der Waals surface area (Å²) in [7, 11) is 3.05. The number of hydrogen-bond acceptors (Lipinski definition) is 5. The van der Waals surface area contributed by atoms with Crippen molar-refractivity contribution in [3.8, 4) is 17.6 Å². The van der Waals surface area contributed by atoms with E-state index in [0.717, 1.165) is 0 Å². The second-order valence-electron chi connectivity index (χ2n) is 4.23. The molecule has 0 unspecified atom stereocenters. The van der Waals surface area contributed by atoms with Crippen molar-refractivity contribution in [1.29, 1.82) is 5.26 Å². The second kappa shape index (κ2) is 7.19. The molecule has 0 spiro atoms. The third kappa shape index (κ3) is 4.02. The Morgan fingerprint density at radius 3 is 2.50 bits per heavy atom. The van der Waals surface area contributed by atoms with E-state index in [-0.39, 0.29) is 11.7 Å². The van der Waals surface area contributed by atoms with E-state index in [0.29, 0.717) is 17.1 Å². The fourth-order valence-electron chi connectivity index (χ4n) is 1.51. The van der Waals surface area contributed by atoms with E-state index in [1.807, 2.05) is 6.07 Å². The molecule has 20 heavy (non-hydrogen) atoms. The molecule has 0 saturated heterocycles. The summed E-state index contributed by atoms with van der Waals surface area (Å²) in [6.45, 7) is 3.45. The van der Waals surface area contributed by atoms with Crippen LogP contribution in [0.5, 0.6) is 11.5 Å². The Kier molecular flexibility index (Phi) is 5.60. The van der Waals surface area contributed by atoms with Crippen LogP contribution in [0.1, 0.15) is 19.4 Å². The molecule has 0 aliphatic rings. The van der Waals surface area contributed by atoms with Crippen LogP contribution in [0.4, 0.5) is 0 Å². The lowest BCUT2D eigenvalue weighted by atomic mass is 10.1. The van der Waals surface area contributed by atoms with Gasteiger partial charge in [-0.3, -0.25) is 0 Å². The van der Waals surface area contributed by atoms with Crippen LogP contribution in [0, 0.1) is 11.3 Å². The molecule has 0 N–H and O–H groups in total. The molecular weight excluding hydrogens is 258 g/mol. The molecule has 0 saturated carbocycles. The SMILES string of the molecule is COc1ccc(/C=C(\C#N)C(=O)OC(C)C)c(OC)c1. The van der Waals surface area contributed by atoms with E-state index in [9.17, 15) is 4.79 Å². The van der Waals surface area contributed by atoms with E-state index in [1.54, 1.807) is 39.2 Å². The molecule has 106 valence electrons. The van der Waals surface area contributed by atoms with Gasteiger partial charge in [0, 0.05) is 11.6 Å². The number of carbonyl (C=O) groups excluding carboxylic acids is 1. The first-order valence-corrected chi connectivity index (χ1v) is 6.06. The molecule has 1 aromatic rings. The zero-order chi connectivity index (χ0) is 15.1. The van der Waals surface area contributed by atoms with Gasteiger partial charge in [-0.05, 0) is 32.1 Å². The zero-order valence-electron chi connectivity index (χ0n) is 12.0. The number of ether oxygens (including phenoxy) is 3. The number of esters is 1. The van der Waals surface area contributed by atoms with Gasteiger partial charge in [-0.1, -0.05) is 0 Å². The number of carbonyl (C=O) groups is 1.